The van der Waals surface area contributed by atoms with Gasteiger partial charge in [-0.1, -0.05) is 84.7 Å². The smallest absolute Gasteiger partial charge is 0.407 e. The van der Waals surface area contributed by atoms with Gasteiger partial charge in [-0.25, -0.2) is 14.6 Å². The lowest BCUT2D eigenvalue weighted by atomic mass is 9.60. The minimum atomic E-state index is -2.09. The largest absolute Gasteiger partial charge is 0.507 e. The molecule has 6 aliphatic heterocycles. The summed E-state index contributed by atoms with van der Waals surface area (Å²) >= 11 is 0. The number of aromatic hydroxyl groups is 2. The van der Waals surface area contributed by atoms with E-state index >= 15 is 9.59 Å². The lowest BCUT2D eigenvalue weighted by Crippen LogP contribution is -2.58. The molecule has 8 aliphatic rings. The van der Waals surface area contributed by atoms with Crippen LogP contribution in [-0.4, -0.2) is 157 Å². The number of nitrogens with two attached hydrogens (primary N) is 1. The number of urea groups is 1. The Morgan fingerprint density at radius 3 is 2.29 bits per heavy atom. The van der Waals surface area contributed by atoms with E-state index in [-0.39, 0.29) is 160 Å². The number of carbonyl (C=O) groups is 10. The number of ketones is 1. The van der Waals surface area contributed by atoms with Crippen LogP contribution in [0.2, 0.25) is 5.31 Å². The zero-order valence-corrected chi connectivity index (χ0v) is 65.4. The summed E-state index contributed by atoms with van der Waals surface area (Å²) in [5.74, 6) is -7.86. The Kier molecular flexibility index (Phi) is 26.3. The zero-order valence-electron chi connectivity index (χ0n) is 65.4. The van der Waals surface area contributed by atoms with E-state index in [0.717, 1.165) is 12.8 Å². The number of unbranched alkanes of at least 4 members (excludes halogenated alkanes) is 2. The number of ether oxygens (including phenoxy) is 5. The van der Waals surface area contributed by atoms with Crippen molar-refractivity contribution in [1.29, 1.82) is 0 Å². The number of aromatic nitrogens is 1. The number of hydrogen-bond acceptors (Lipinski definition) is 21. The number of piperidine rings is 1. The van der Waals surface area contributed by atoms with Crippen LogP contribution in [0.25, 0.3) is 33.3 Å². The maximum atomic E-state index is 15.2. The van der Waals surface area contributed by atoms with Crippen molar-refractivity contribution in [2.45, 2.75) is 201 Å². The van der Waals surface area contributed by atoms with Crippen LogP contribution in [0, 0.1) is 41.9 Å². The van der Waals surface area contributed by atoms with Crippen molar-refractivity contribution in [2.75, 3.05) is 55.4 Å². The number of likely N-dealkylation sites (tertiary alicyclic amines) is 1. The van der Waals surface area contributed by atoms with E-state index in [1.807, 2.05) is 46.5 Å². The van der Waals surface area contributed by atoms with E-state index in [1.54, 1.807) is 55.5 Å². The first-order valence-electron chi connectivity index (χ1n) is 38.5. The van der Waals surface area contributed by atoms with Gasteiger partial charge in [0.1, 0.15) is 66.2 Å². The number of phenols is 2. The summed E-state index contributed by atoms with van der Waals surface area (Å²) in [5.41, 5.74) is 3.75. The molecule has 2 unspecified atom stereocenters. The molecule has 29 nitrogen and oxygen atoms in total. The van der Waals surface area contributed by atoms with Crippen molar-refractivity contribution < 1.29 is 86.3 Å². The molecule has 6 heterocycles. The van der Waals surface area contributed by atoms with Gasteiger partial charge in [0, 0.05) is 118 Å². The first kappa shape index (κ1) is 83.0. The van der Waals surface area contributed by atoms with Crippen molar-refractivity contribution in [1.82, 2.24) is 31.2 Å². The number of methoxy groups -OCH3 is 1. The number of primary amides is 1. The number of Topliss-reactive ketones (excluding diaryl/α,β-unsaturated/α-hetero) is 1. The van der Waals surface area contributed by atoms with Gasteiger partial charge in [0.25, 0.3) is 11.7 Å². The first-order chi connectivity index (χ1) is 52.7. The van der Waals surface area contributed by atoms with Gasteiger partial charge >= 0.3 is 23.9 Å². The normalized spacial score (nSPS) is 24.3. The number of esters is 1. The summed E-state index contributed by atoms with van der Waals surface area (Å²) in [6, 6.07) is 7.43. The lowest BCUT2D eigenvalue weighted by Gasteiger charge is -2.39. The minimum absolute atomic E-state index is 0.00936. The van der Waals surface area contributed by atoms with Gasteiger partial charge in [-0.2, -0.15) is 0 Å². The summed E-state index contributed by atoms with van der Waals surface area (Å²) in [7, 11) is 3.51. The monoisotopic (exact) mass is 1530 g/mol. The molecule has 2 saturated heterocycles. The SMILES string of the molecule is BC(C)(CC)C1CC(=O)N(CCCCCNC(=O)C2(C(=O)N[C@@H](CCCNC(N)=O)C(=O)Nc3ccc(COC(=O)NC4CCN(c5cc(O)c6nc7c8c9c%10c(C)c(O)c8c(=O)c(c-7oc6c5)NC(=O)/C(C)=C\C=C\[C@H](C)C[C@@H](C)C[C@@H](C)[C@H](OC(C)=O)[C@H](C)[C@@H](OC)/C=C/O[C@@](C)(O%10)C9=O)CC4)cc3)CCC2)C1=O. The molecule has 11 rings (SSSR count). The molecule has 5 bridgehead atoms. The molecule has 3 fully saturated rings. The van der Waals surface area contributed by atoms with E-state index in [0.29, 0.717) is 81.5 Å². The van der Waals surface area contributed by atoms with Gasteiger partial charge in [-0.05, 0) is 131 Å². The third-order valence-corrected chi connectivity index (χ3v) is 22.8. The molecule has 2 aliphatic carbocycles. The Morgan fingerprint density at radius 2 is 1.62 bits per heavy atom. The number of fused-ring (bicyclic) bond motifs is 14. The van der Waals surface area contributed by atoms with E-state index < -0.39 is 99.7 Å². The second-order valence-corrected chi connectivity index (χ2v) is 31.4. The number of phenolic OH excluding ortho intramolecular Hbond substituents is 2. The number of benzene rings is 4. The summed E-state index contributed by atoms with van der Waals surface area (Å²) in [6.45, 7) is 19.2. The molecule has 3 aromatic rings. The van der Waals surface area contributed by atoms with Crippen LogP contribution in [-0.2, 0) is 59.1 Å². The van der Waals surface area contributed by atoms with Gasteiger partial charge in [0.05, 0.1) is 23.3 Å². The fourth-order valence-corrected chi connectivity index (χ4v) is 15.7. The molecule has 0 radical (unpaired) electrons. The van der Waals surface area contributed by atoms with Gasteiger partial charge in [0.15, 0.2) is 11.3 Å². The number of alkyl carbamates (subject to hydrolysis) is 1. The lowest BCUT2D eigenvalue weighted by molar-refractivity contribution is -0.155. The van der Waals surface area contributed by atoms with Gasteiger partial charge in [-0.15, -0.1) is 0 Å². The number of nitrogens with one attached hydrogen (secondary N) is 6. The third kappa shape index (κ3) is 18.6. The molecule has 10 atom stereocenters. The molecule has 111 heavy (non-hydrogen) atoms. The van der Waals surface area contributed by atoms with Crippen LogP contribution >= 0.6 is 0 Å². The highest BCUT2D eigenvalue weighted by Gasteiger charge is 2.53. The number of rotatable bonds is 23. The average Bonchev–Trinajstić information content (AvgIpc) is 1.64. The number of nitrogens with zero attached hydrogens (tertiary/aromatic N) is 3. The summed E-state index contributed by atoms with van der Waals surface area (Å²) in [4.78, 5) is 158. The Morgan fingerprint density at radius 1 is 0.910 bits per heavy atom. The number of anilines is 3. The number of amides is 9. The van der Waals surface area contributed by atoms with Crippen LogP contribution in [0.15, 0.2) is 81.7 Å². The van der Waals surface area contributed by atoms with Crippen molar-refractivity contribution in [3.63, 3.8) is 0 Å². The summed E-state index contributed by atoms with van der Waals surface area (Å²) in [5, 5.41) is 39.8. The average molecular weight is 1530 g/mol. The van der Waals surface area contributed by atoms with Gasteiger partial charge in [-0.3, -0.25) is 48.1 Å². The van der Waals surface area contributed by atoms with Crippen molar-refractivity contribution in [3.05, 3.63) is 99.5 Å². The third-order valence-electron chi connectivity index (χ3n) is 22.8. The summed E-state index contributed by atoms with van der Waals surface area (Å²) < 4.78 is 36.6. The molecule has 10 N–H and O–H groups in total. The zero-order chi connectivity index (χ0) is 80.6. The predicted molar refractivity (Wildman–Crippen MR) is 417 cm³/mol. The molecule has 30 heteroatoms. The first-order valence-corrected chi connectivity index (χ1v) is 38.5. The maximum absolute atomic E-state index is 15.2. The van der Waals surface area contributed by atoms with E-state index in [4.69, 9.17) is 38.8 Å². The molecule has 0 aromatic heterocycles. The van der Waals surface area contributed by atoms with Crippen LogP contribution in [0.3, 0.4) is 0 Å². The quantitative estimate of drug-likeness (QED) is 0.00558. The Hall–Kier alpha value is -10.5. The standard InChI is InChI=1S/C81H105BN10O19/c1-12-79(9,82)54-41-59(95)92(74(54)101)33-15-13-14-31-84-75(102)81(29-18-30-81)76(103)88-55(21-17-32-85-77(83)104)73(100)86-51-24-22-50(23-25-51)42-107-78(105)87-52-26-34-91(35-27-52)53-39-56(94)63-58(40-53)110-70-64(89-63)60-61-66(96)48(7)69-62(60)71(98)80(10,111-69)108-36-28-57(106-11)47(6)68(109-49(8)93)46(5)38-44(3)37-43(2)19-16-20-45(4)72(99)90-65(70)67(61)97/h16,19-20,22-25,28,36,39-40,43-44,46-47,52,54-55,57,68,94,96H,12-15,17-18,21,26-27,29-35,37-38,41-42,82H2,1-11H3,(H,84,102)(H,86,100)(H,87,105)(H,88,103)(H,90,99)(H3,83,85,104)/b19-16+,36-28+,45-20-/t43-,44+,46+,47+,54?,55-,57-,68-,79?,80-/m0/s1. The van der Waals surface area contributed by atoms with E-state index in [9.17, 15) is 53.4 Å². The van der Waals surface area contributed by atoms with Crippen LogP contribution < -0.4 is 52.7 Å². The predicted octanol–water partition coefficient (Wildman–Crippen LogP) is 9.53. The highest BCUT2D eigenvalue weighted by molar-refractivity contribution is 6.23. The van der Waals surface area contributed by atoms with Crippen LogP contribution in [0.1, 0.15) is 174 Å². The minimum Gasteiger partial charge on any atom is -0.507 e. The maximum Gasteiger partial charge on any atom is 0.407 e. The second kappa shape index (κ2) is 35.2. The fourth-order valence-electron chi connectivity index (χ4n) is 15.7. The fraction of sp³-hybridized carbons (Fsp3) is 0.531. The number of hydrogen-bond donors (Lipinski definition) is 9. The molecule has 3 aromatic carbocycles. The highest BCUT2D eigenvalue weighted by atomic mass is 16.7. The van der Waals surface area contributed by atoms with Gasteiger partial charge in [0.2, 0.25) is 35.0 Å². The number of imide groups is 1. The van der Waals surface area contributed by atoms with E-state index in [1.165, 1.54) is 45.1 Å². The Bertz CT molecular complexity index is 4520. The Labute approximate surface area is 646 Å². The summed E-state index contributed by atoms with van der Waals surface area (Å²) in [6.07, 6.45) is 12.9. The molecule has 1 saturated carbocycles. The van der Waals surface area contributed by atoms with Crippen LogP contribution in [0.4, 0.5) is 26.7 Å². The van der Waals surface area contributed by atoms with Crippen molar-refractivity contribution in [3.8, 4) is 28.7 Å². The number of carbonyl (C=O) groups excluding carboxylic acids is 10. The second-order valence-electron chi connectivity index (χ2n) is 31.4. The molecule has 596 valence electrons. The van der Waals surface area contributed by atoms with Crippen molar-refractivity contribution >= 4 is 106 Å². The molecular formula is C81H105BN10O19. The Balaban J connectivity index is 0.789. The topological polar surface area (TPSA) is 405 Å². The molecule has 9 amide bonds. The highest BCUT2D eigenvalue weighted by Crippen LogP contribution is 2.52. The number of allylic oxidation sites excluding steroid dienone is 3. The molecule has 0 spiro atoms. The van der Waals surface area contributed by atoms with Crippen molar-refractivity contribution in [2.24, 2.45) is 40.7 Å². The van der Waals surface area contributed by atoms with Crippen LogP contribution in [0.5, 0.6) is 17.2 Å². The van der Waals surface area contributed by atoms with Gasteiger partial charge < -0.3 is 80.8 Å². The van der Waals surface area contributed by atoms with E-state index in [2.05, 4.69) is 45.7 Å². The molecular weight excluding hydrogens is 1430 g/mol.